The summed E-state index contributed by atoms with van der Waals surface area (Å²) in [6.45, 7) is 0.436. The molecule has 10 heavy (non-hydrogen) atoms. The van der Waals surface area contributed by atoms with Gasteiger partial charge in [0, 0.05) is 0 Å². The van der Waals surface area contributed by atoms with E-state index in [4.69, 9.17) is 0 Å². The van der Waals surface area contributed by atoms with Gasteiger partial charge >= 0.3 is 0 Å². The summed E-state index contributed by atoms with van der Waals surface area (Å²) in [6.07, 6.45) is 1.49. The van der Waals surface area contributed by atoms with Gasteiger partial charge in [-0.05, 0) is 32.9 Å². The number of hydrogen-bond donors (Lipinski definition) is 0. The molecule has 0 radical (unpaired) electrons. The van der Waals surface area contributed by atoms with Crippen LogP contribution in [0.15, 0.2) is 20.2 Å². The molecule has 2 nitrogen and oxygen atoms in total. The first kappa shape index (κ1) is 7.66. The first-order chi connectivity index (χ1) is 4.83. The Morgan fingerprint density at radius 2 is 2.60 bits per heavy atom. The van der Waals surface area contributed by atoms with Crippen LogP contribution in [0.2, 0.25) is 0 Å². The minimum Gasteiger partial charge on any atom is -0.211 e. The Hall–Kier alpha value is -0.440. The maximum absolute atomic E-state index is 9.68. The highest BCUT2D eigenvalue weighted by atomic mass is 79.9. The third-order valence-corrected chi connectivity index (χ3v) is 2.50. The van der Waals surface area contributed by atoms with Crippen LogP contribution in [0.25, 0.3) is 0 Å². The van der Waals surface area contributed by atoms with Gasteiger partial charge in [0.05, 0.1) is 10.3 Å². The predicted molar refractivity (Wildman–Crippen MR) is 43.8 cm³/mol. The molecule has 4 heteroatoms. The molecule has 0 spiro atoms. The molecule has 1 rings (SSSR count). The van der Waals surface area contributed by atoms with Crippen LogP contribution in [0.4, 0.5) is 0 Å². The zero-order chi connectivity index (χ0) is 7.40. The Balaban J connectivity index is 2.66. The fourth-order valence-electron chi connectivity index (χ4n) is 0.552. The first-order valence-corrected chi connectivity index (χ1v) is 4.26. The van der Waals surface area contributed by atoms with Gasteiger partial charge in [-0.15, -0.1) is 11.3 Å². The second-order valence-corrected chi connectivity index (χ2v) is 3.96. The number of carbonyl (C=O) groups excluding carboxylic acids is 1. The maximum Gasteiger partial charge on any atom is 0.235 e. The van der Waals surface area contributed by atoms with Gasteiger partial charge in [-0.1, -0.05) is 0 Å². The molecule has 0 bridgehead atoms. The summed E-state index contributed by atoms with van der Waals surface area (Å²) in [4.78, 5) is 13.1. The minimum atomic E-state index is 0.436. The molecular formula is C6H4BrNOS. The van der Waals surface area contributed by atoms with Gasteiger partial charge in [0.2, 0.25) is 6.08 Å². The molecule has 52 valence electrons. The summed E-state index contributed by atoms with van der Waals surface area (Å²) in [5.41, 5.74) is 1.04. The van der Waals surface area contributed by atoms with E-state index >= 15 is 0 Å². The predicted octanol–water partition coefficient (Wildman–Crippen LogP) is 2.35. The molecule has 0 aliphatic carbocycles. The van der Waals surface area contributed by atoms with Crippen LogP contribution in [0.5, 0.6) is 0 Å². The van der Waals surface area contributed by atoms with Crippen molar-refractivity contribution in [2.45, 2.75) is 6.54 Å². The topological polar surface area (TPSA) is 29.4 Å². The second-order valence-electron chi connectivity index (χ2n) is 1.67. The van der Waals surface area contributed by atoms with E-state index in [1.807, 2.05) is 11.4 Å². The van der Waals surface area contributed by atoms with Crippen molar-refractivity contribution >= 4 is 33.3 Å². The molecule has 1 aromatic heterocycles. The third kappa shape index (κ3) is 2.06. The van der Waals surface area contributed by atoms with Gasteiger partial charge in [0.1, 0.15) is 0 Å². The summed E-state index contributed by atoms with van der Waals surface area (Å²) in [6, 6.07) is 1.94. The quantitative estimate of drug-likeness (QED) is 0.553. The van der Waals surface area contributed by atoms with Crippen molar-refractivity contribution in [3.05, 3.63) is 20.8 Å². The normalized spacial score (nSPS) is 8.90. The molecule has 0 unspecified atom stereocenters. The smallest absolute Gasteiger partial charge is 0.211 e. The van der Waals surface area contributed by atoms with Gasteiger partial charge in [-0.2, -0.15) is 0 Å². The van der Waals surface area contributed by atoms with Crippen LogP contribution in [-0.4, -0.2) is 6.08 Å². The van der Waals surface area contributed by atoms with Gasteiger partial charge in [0.15, 0.2) is 0 Å². The van der Waals surface area contributed by atoms with E-state index in [0.29, 0.717) is 6.54 Å². The zero-order valence-electron chi connectivity index (χ0n) is 5.00. The molecule has 0 N–H and O–H groups in total. The number of isocyanates is 1. The highest BCUT2D eigenvalue weighted by Gasteiger charge is 1.93. The molecule has 0 aliphatic rings. The average molecular weight is 218 g/mol. The zero-order valence-corrected chi connectivity index (χ0v) is 7.41. The van der Waals surface area contributed by atoms with Crippen molar-refractivity contribution in [3.8, 4) is 0 Å². The van der Waals surface area contributed by atoms with E-state index in [1.54, 1.807) is 11.3 Å². The number of thiophene rings is 1. The number of halogens is 1. The van der Waals surface area contributed by atoms with E-state index < -0.39 is 0 Å². The summed E-state index contributed by atoms with van der Waals surface area (Å²) in [5, 5.41) is 1.95. The van der Waals surface area contributed by atoms with Crippen LogP contribution < -0.4 is 0 Å². The third-order valence-electron chi connectivity index (χ3n) is 0.948. The lowest BCUT2D eigenvalue weighted by molar-refractivity contribution is 0.563. The van der Waals surface area contributed by atoms with Crippen LogP contribution in [0.1, 0.15) is 5.56 Å². The number of rotatable bonds is 2. The molecule has 0 amide bonds. The molecule has 0 saturated heterocycles. The number of aliphatic imine (C=N–C) groups is 1. The summed E-state index contributed by atoms with van der Waals surface area (Å²) < 4.78 is 1.06. The van der Waals surface area contributed by atoms with Crippen molar-refractivity contribution in [2.24, 2.45) is 4.99 Å². The SMILES string of the molecule is O=C=NCc1csc(Br)c1. The number of hydrogen-bond acceptors (Lipinski definition) is 3. The van der Waals surface area contributed by atoms with E-state index in [0.717, 1.165) is 9.35 Å². The van der Waals surface area contributed by atoms with Crippen LogP contribution in [-0.2, 0) is 11.3 Å². The van der Waals surface area contributed by atoms with Crippen molar-refractivity contribution in [1.29, 1.82) is 0 Å². The lowest BCUT2D eigenvalue weighted by Gasteiger charge is -1.80. The van der Waals surface area contributed by atoms with E-state index in [-0.39, 0.29) is 0 Å². The lowest BCUT2D eigenvalue weighted by Crippen LogP contribution is -1.71. The Morgan fingerprint density at radius 1 is 1.80 bits per heavy atom. The minimum absolute atomic E-state index is 0.436. The van der Waals surface area contributed by atoms with E-state index in [1.165, 1.54) is 6.08 Å². The average Bonchev–Trinajstić information content (AvgIpc) is 2.31. The van der Waals surface area contributed by atoms with Crippen molar-refractivity contribution < 1.29 is 4.79 Å². The fourth-order valence-corrected chi connectivity index (χ4v) is 1.75. The molecule has 0 aliphatic heterocycles. The van der Waals surface area contributed by atoms with Gasteiger partial charge in [-0.25, -0.2) is 9.79 Å². The van der Waals surface area contributed by atoms with E-state index in [9.17, 15) is 4.79 Å². The Labute approximate surface area is 70.7 Å². The van der Waals surface area contributed by atoms with Crippen molar-refractivity contribution in [2.75, 3.05) is 0 Å². The highest BCUT2D eigenvalue weighted by Crippen LogP contribution is 2.20. The highest BCUT2D eigenvalue weighted by molar-refractivity contribution is 9.11. The molecule has 1 aromatic rings. The van der Waals surface area contributed by atoms with Crippen LogP contribution in [0.3, 0.4) is 0 Å². The van der Waals surface area contributed by atoms with Gasteiger partial charge < -0.3 is 0 Å². The van der Waals surface area contributed by atoms with Gasteiger partial charge in [0.25, 0.3) is 0 Å². The summed E-state index contributed by atoms with van der Waals surface area (Å²) >= 11 is 4.88. The van der Waals surface area contributed by atoms with Gasteiger partial charge in [-0.3, -0.25) is 0 Å². The molecular weight excluding hydrogens is 214 g/mol. The first-order valence-electron chi connectivity index (χ1n) is 2.59. The maximum atomic E-state index is 9.68. The molecule has 0 saturated carbocycles. The van der Waals surface area contributed by atoms with Crippen LogP contribution >= 0.6 is 27.3 Å². The molecule has 0 atom stereocenters. The Morgan fingerprint density at radius 3 is 3.10 bits per heavy atom. The molecule has 0 aromatic carbocycles. The molecule has 1 heterocycles. The monoisotopic (exact) mass is 217 g/mol. The largest absolute Gasteiger partial charge is 0.235 e. The summed E-state index contributed by atoms with van der Waals surface area (Å²) in [5.74, 6) is 0. The van der Waals surface area contributed by atoms with Crippen molar-refractivity contribution in [3.63, 3.8) is 0 Å². The van der Waals surface area contributed by atoms with Crippen LogP contribution in [0, 0.1) is 0 Å². The molecule has 0 fully saturated rings. The summed E-state index contributed by atoms with van der Waals surface area (Å²) in [7, 11) is 0. The Kier molecular flexibility index (Phi) is 2.81. The lowest BCUT2D eigenvalue weighted by atomic mass is 10.3. The fraction of sp³-hybridized carbons (Fsp3) is 0.167. The standard InChI is InChI=1S/C6H4BrNOS/c7-6-1-5(3-10-6)2-8-4-9/h1,3H,2H2. The van der Waals surface area contributed by atoms with Crippen molar-refractivity contribution in [1.82, 2.24) is 0 Å². The Bertz CT molecular complexity index is 264. The number of nitrogens with zero attached hydrogens (tertiary/aromatic N) is 1. The van der Waals surface area contributed by atoms with E-state index in [2.05, 4.69) is 20.9 Å². The second kappa shape index (κ2) is 3.66.